The lowest BCUT2D eigenvalue weighted by molar-refractivity contribution is -0.115. The monoisotopic (exact) mass is 205 g/mol. The number of anilines is 1. The molecule has 1 aliphatic heterocycles. The molecular weight excluding hydrogens is 190 g/mol. The minimum Gasteiger partial charge on any atom is -0.389 e. The number of aliphatic hydroxyl groups excluding tert-OH is 1. The van der Waals surface area contributed by atoms with Crippen LogP contribution in [-0.2, 0) is 11.2 Å². The molecular formula is C12H15NO2. The number of amides is 1. The highest BCUT2D eigenvalue weighted by Gasteiger charge is 2.24. The molecule has 1 amide bonds. The molecule has 2 rings (SSSR count). The first-order valence-corrected chi connectivity index (χ1v) is 5.11. The highest BCUT2D eigenvalue weighted by atomic mass is 16.3. The Balaban J connectivity index is 2.67. The van der Waals surface area contributed by atoms with Gasteiger partial charge in [-0.3, -0.25) is 4.79 Å². The smallest absolute Gasteiger partial charge is 0.228 e. The van der Waals surface area contributed by atoms with Crippen molar-refractivity contribution in [3.05, 3.63) is 28.3 Å². The van der Waals surface area contributed by atoms with Crippen LogP contribution in [0.2, 0.25) is 0 Å². The van der Waals surface area contributed by atoms with Gasteiger partial charge in [0, 0.05) is 5.56 Å². The lowest BCUT2D eigenvalue weighted by atomic mass is 9.94. The Morgan fingerprint density at radius 1 is 1.47 bits per heavy atom. The second kappa shape index (κ2) is 3.35. The summed E-state index contributed by atoms with van der Waals surface area (Å²) < 4.78 is 0. The van der Waals surface area contributed by atoms with Crippen molar-refractivity contribution in [1.29, 1.82) is 0 Å². The van der Waals surface area contributed by atoms with Crippen LogP contribution in [0.4, 0.5) is 5.69 Å². The van der Waals surface area contributed by atoms with Gasteiger partial charge in [-0.25, -0.2) is 0 Å². The van der Waals surface area contributed by atoms with Crippen LogP contribution >= 0.6 is 0 Å². The van der Waals surface area contributed by atoms with Crippen molar-refractivity contribution in [2.45, 2.75) is 33.3 Å². The Hall–Kier alpha value is -1.35. The number of fused-ring (bicyclic) bond motifs is 1. The van der Waals surface area contributed by atoms with E-state index in [2.05, 4.69) is 5.32 Å². The molecule has 3 heteroatoms. The van der Waals surface area contributed by atoms with E-state index in [1.807, 2.05) is 19.9 Å². The van der Waals surface area contributed by atoms with E-state index in [4.69, 9.17) is 0 Å². The molecule has 15 heavy (non-hydrogen) atoms. The maximum Gasteiger partial charge on any atom is 0.228 e. The molecule has 1 heterocycles. The predicted molar refractivity (Wildman–Crippen MR) is 58.9 cm³/mol. The number of aliphatic hydroxyl groups is 1. The molecule has 0 aliphatic carbocycles. The Labute approximate surface area is 89.1 Å². The molecule has 1 unspecified atom stereocenters. The minimum atomic E-state index is -0.544. The van der Waals surface area contributed by atoms with Crippen LogP contribution in [0.5, 0.6) is 0 Å². The Kier molecular flexibility index (Phi) is 2.27. The lowest BCUT2D eigenvalue weighted by Crippen LogP contribution is -2.07. The number of carbonyl (C=O) groups is 1. The highest BCUT2D eigenvalue weighted by molar-refractivity contribution is 6.00. The number of nitrogens with one attached hydrogen (secondary N) is 1. The van der Waals surface area contributed by atoms with Gasteiger partial charge in [0.25, 0.3) is 0 Å². The van der Waals surface area contributed by atoms with Gasteiger partial charge in [-0.1, -0.05) is 6.07 Å². The molecule has 0 bridgehead atoms. The SMILES string of the molecule is Cc1cc2c(c(C(C)O)c1C)NC(=O)C2. The van der Waals surface area contributed by atoms with Crippen LogP contribution in [0.25, 0.3) is 0 Å². The molecule has 1 aromatic rings. The lowest BCUT2D eigenvalue weighted by Gasteiger charge is -2.16. The van der Waals surface area contributed by atoms with Gasteiger partial charge in [-0.15, -0.1) is 0 Å². The maximum absolute atomic E-state index is 11.3. The van der Waals surface area contributed by atoms with Gasteiger partial charge in [-0.05, 0) is 37.5 Å². The van der Waals surface area contributed by atoms with E-state index >= 15 is 0 Å². The number of benzene rings is 1. The summed E-state index contributed by atoms with van der Waals surface area (Å²) in [6, 6.07) is 2.02. The third-order valence-corrected chi connectivity index (χ3v) is 3.01. The van der Waals surface area contributed by atoms with E-state index in [9.17, 15) is 9.90 Å². The average molecular weight is 205 g/mol. The van der Waals surface area contributed by atoms with Gasteiger partial charge >= 0.3 is 0 Å². The van der Waals surface area contributed by atoms with Crippen molar-refractivity contribution >= 4 is 11.6 Å². The molecule has 0 saturated carbocycles. The zero-order valence-corrected chi connectivity index (χ0v) is 9.22. The minimum absolute atomic E-state index is 0.0110. The van der Waals surface area contributed by atoms with Crippen LogP contribution < -0.4 is 5.32 Å². The summed E-state index contributed by atoms with van der Waals surface area (Å²) in [6.07, 6.45) is -0.118. The van der Waals surface area contributed by atoms with Gasteiger partial charge < -0.3 is 10.4 Å². The first kappa shape index (κ1) is 10.2. The van der Waals surface area contributed by atoms with Crippen molar-refractivity contribution in [3.63, 3.8) is 0 Å². The van der Waals surface area contributed by atoms with Crippen LogP contribution in [-0.4, -0.2) is 11.0 Å². The van der Waals surface area contributed by atoms with Gasteiger partial charge in [0.1, 0.15) is 0 Å². The fraction of sp³-hybridized carbons (Fsp3) is 0.417. The molecule has 0 radical (unpaired) electrons. The molecule has 0 aromatic heterocycles. The van der Waals surface area contributed by atoms with Crippen molar-refractivity contribution in [3.8, 4) is 0 Å². The van der Waals surface area contributed by atoms with Crippen molar-refractivity contribution in [2.75, 3.05) is 5.32 Å². The fourth-order valence-corrected chi connectivity index (χ4v) is 2.18. The summed E-state index contributed by atoms with van der Waals surface area (Å²) in [5.41, 5.74) is 4.86. The van der Waals surface area contributed by atoms with Crippen LogP contribution in [0.15, 0.2) is 6.07 Å². The molecule has 0 saturated heterocycles. The summed E-state index contributed by atoms with van der Waals surface area (Å²) in [4.78, 5) is 11.3. The zero-order valence-electron chi connectivity index (χ0n) is 9.22. The van der Waals surface area contributed by atoms with E-state index in [0.717, 1.165) is 27.9 Å². The van der Waals surface area contributed by atoms with Crippen molar-refractivity contribution < 1.29 is 9.90 Å². The molecule has 3 nitrogen and oxygen atoms in total. The van der Waals surface area contributed by atoms with E-state index in [1.54, 1.807) is 6.92 Å². The summed E-state index contributed by atoms with van der Waals surface area (Å²) >= 11 is 0. The van der Waals surface area contributed by atoms with Gasteiger partial charge in [0.05, 0.1) is 18.2 Å². The van der Waals surface area contributed by atoms with Gasteiger partial charge in [0.15, 0.2) is 0 Å². The van der Waals surface area contributed by atoms with E-state index < -0.39 is 6.10 Å². The first-order chi connectivity index (χ1) is 7.00. The number of hydrogen-bond donors (Lipinski definition) is 2. The second-order valence-electron chi connectivity index (χ2n) is 4.17. The van der Waals surface area contributed by atoms with Crippen molar-refractivity contribution in [1.82, 2.24) is 0 Å². The zero-order chi connectivity index (χ0) is 11.2. The van der Waals surface area contributed by atoms with Crippen LogP contribution in [0.3, 0.4) is 0 Å². The normalized spacial score (nSPS) is 16.1. The number of carbonyl (C=O) groups excluding carboxylic acids is 1. The summed E-state index contributed by atoms with van der Waals surface area (Å²) in [7, 11) is 0. The van der Waals surface area contributed by atoms with Crippen LogP contribution in [0, 0.1) is 13.8 Å². The van der Waals surface area contributed by atoms with Gasteiger partial charge in [0.2, 0.25) is 5.91 Å². The molecule has 0 spiro atoms. The Morgan fingerprint density at radius 2 is 2.13 bits per heavy atom. The van der Waals surface area contributed by atoms with E-state index in [0.29, 0.717) is 6.42 Å². The molecule has 2 N–H and O–H groups in total. The summed E-state index contributed by atoms with van der Waals surface area (Å²) in [5.74, 6) is 0.0110. The van der Waals surface area contributed by atoms with E-state index in [1.165, 1.54) is 0 Å². The Bertz CT molecular complexity index is 436. The first-order valence-electron chi connectivity index (χ1n) is 5.11. The second-order valence-corrected chi connectivity index (χ2v) is 4.17. The number of hydrogen-bond acceptors (Lipinski definition) is 2. The predicted octanol–water partition coefficient (Wildman–Crippen LogP) is 1.85. The maximum atomic E-state index is 11.3. The highest BCUT2D eigenvalue weighted by Crippen LogP contribution is 2.35. The average Bonchev–Trinajstić information content (AvgIpc) is 2.46. The molecule has 1 atom stereocenters. The largest absolute Gasteiger partial charge is 0.389 e. The topological polar surface area (TPSA) is 49.3 Å². The third-order valence-electron chi connectivity index (χ3n) is 3.01. The Morgan fingerprint density at radius 3 is 2.73 bits per heavy atom. The van der Waals surface area contributed by atoms with E-state index in [-0.39, 0.29) is 5.91 Å². The van der Waals surface area contributed by atoms with Crippen molar-refractivity contribution in [2.24, 2.45) is 0 Å². The molecule has 80 valence electrons. The van der Waals surface area contributed by atoms with Crippen LogP contribution in [0.1, 0.15) is 35.3 Å². The molecule has 0 fully saturated rings. The number of aryl methyl sites for hydroxylation is 1. The standard InChI is InChI=1S/C12H15NO2/c1-6-4-9-5-10(15)13-12(9)11(7(6)2)8(3)14/h4,8,14H,5H2,1-3H3,(H,13,15). The quantitative estimate of drug-likeness (QED) is 0.735. The summed E-state index contributed by atoms with van der Waals surface area (Å²) in [6.45, 7) is 5.71. The fourth-order valence-electron chi connectivity index (χ4n) is 2.18. The third kappa shape index (κ3) is 1.53. The summed E-state index contributed by atoms with van der Waals surface area (Å²) in [5, 5.41) is 12.5. The molecule has 1 aromatic carbocycles. The number of rotatable bonds is 1. The van der Waals surface area contributed by atoms with Gasteiger partial charge in [-0.2, -0.15) is 0 Å². The molecule has 1 aliphatic rings.